The molecule has 1 N–H and O–H groups in total. The summed E-state index contributed by atoms with van der Waals surface area (Å²) in [6.45, 7) is 0.351. The monoisotopic (exact) mass is 311 g/mol. The van der Waals surface area contributed by atoms with E-state index in [1.807, 2.05) is 6.07 Å². The van der Waals surface area contributed by atoms with Gasteiger partial charge in [0.25, 0.3) is 0 Å². The summed E-state index contributed by atoms with van der Waals surface area (Å²) in [4.78, 5) is 14.2. The van der Waals surface area contributed by atoms with E-state index in [1.165, 1.54) is 12.1 Å². The summed E-state index contributed by atoms with van der Waals surface area (Å²) in [5.41, 5.74) is 2.08. The minimum atomic E-state index is -0.566. The first-order chi connectivity index (χ1) is 11.0. The Morgan fingerprint density at radius 1 is 1.26 bits per heavy atom. The van der Waals surface area contributed by atoms with Crippen LogP contribution < -0.4 is 5.32 Å². The normalized spacial score (nSPS) is 11.8. The lowest BCUT2D eigenvalue weighted by Crippen LogP contribution is -2.36. The Morgan fingerprint density at radius 3 is 2.52 bits per heavy atom. The topological polar surface area (TPSA) is 56.1 Å². The minimum absolute atomic E-state index is 0.204. The molecule has 23 heavy (non-hydrogen) atoms. The zero-order chi connectivity index (χ0) is 16.8. The van der Waals surface area contributed by atoms with Gasteiger partial charge in [0.1, 0.15) is 11.9 Å². The highest BCUT2D eigenvalue weighted by atomic mass is 19.1. The van der Waals surface area contributed by atoms with Crippen molar-refractivity contribution in [1.29, 1.82) is 5.26 Å². The Bertz CT molecular complexity index is 720. The van der Waals surface area contributed by atoms with Crippen molar-refractivity contribution in [3.05, 3.63) is 71.0 Å². The average Bonchev–Trinajstić information content (AvgIpc) is 2.53. The van der Waals surface area contributed by atoms with Crippen LogP contribution in [0, 0.1) is 17.1 Å². The molecule has 0 bridgehead atoms. The van der Waals surface area contributed by atoms with E-state index in [0.717, 1.165) is 5.56 Å². The predicted molar refractivity (Wildman–Crippen MR) is 85.8 cm³/mol. The molecule has 0 unspecified atom stereocenters. The second-order valence-corrected chi connectivity index (χ2v) is 5.45. The number of hydrogen-bond acceptors (Lipinski definition) is 3. The number of halogens is 1. The molecule has 0 aromatic heterocycles. The van der Waals surface area contributed by atoms with Gasteiger partial charge in [-0.2, -0.15) is 5.26 Å². The second kappa shape index (κ2) is 7.52. The zero-order valence-corrected chi connectivity index (χ0v) is 13.1. The molecular formula is C18H18FN3O. The van der Waals surface area contributed by atoms with Gasteiger partial charge in [0.05, 0.1) is 11.6 Å². The van der Waals surface area contributed by atoms with Crippen molar-refractivity contribution in [2.24, 2.45) is 0 Å². The molecule has 0 aliphatic carbocycles. The van der Waals surface area contributed by atoms with Crippen molar-refractivity contribution in [3.63, 3.8) is 0 Å². The van der Waals surface area contributed by atoms with Gasteiger partial charge in [0, 0.05) is 6.54 Å². The molecule has 118 valence electrons. The van der Waals surface area contributed by atoms with Crippen LogP contribution in [-0.2, 0) is 11.3 Å². The van der Waals surface area contributed by atoms with E-state index in [2.05, 4.69) is 5.32 Å². The number of likely N-dealkylation sites (N-methyl/N-ethyl adjacent to an activating group) is 1. The first-order valence-corrected chi connectivity index (χ1v) is 7.20. The van der Waals surface area contributed by atoms with Gasteiger partial charge in [-0.3, -0.25) is 9.69 Å². The fourth-order valence-corrected chi connectivity index (χ4v) is 2.34. The quantitative estimate of drug-likeness (QED) is 0.923. The molecule has 0 fully saturated rings. The lowest BCUT2D eigenvalue weighted by Gasteiger charge is -2.24. The number of nitrogens with zero attached hydrogens (tertiary/aromatic N) is 2. The van der Waals surface area contributed by atoms with Crippen molar-refractivity contribution in [1.82, 2.24) is 10.2 Å². The molecule has 0 saturated carbocycles. The fraction of sp³-hybridized carbons (Fsp3) is 0.222. The highest BCUT2D eigenvalue weighted by molar-refractivity contribution is 5.83. The third-order valence-electron chi connectivity index (χ3n) is 3.48. The summed E-state index contributed by atoms with van der Waals surface area (Å²) >= 11 is 0. The van der Waals surface area contributed by atoms with E-state index in [9.17, 15) is 9.18 Å². The maximum Gasteiger partial charge on any atom is 0.242 e. The third-order valence-corrected chi connectivity index (χ3v) is 3.48. The van der Waals surface area contributed by atoms with E-state index in [0.29, 0.717) is 17.7 Å². The smallest absolute Gasteiger partial charge is 0.242 e. The highest BCUT2D eigenvalue weighted by Gasteiger charge is 2.22. The van der Waals surface area contributed by atoms with E-state index in [4.69, 9.17) is 5.26 Å². The maximum absolute atomic E-state index is 13.4. The standard InChI is InChI=1S/C18H18FN3O/c1-22(2)17(15-4-3-5-16(19)10-15)18(23)21-12-14-8-6-13(11-20)7-9-14/h3-10,17H,12H2,1-2H3,(H,21,23)/t17-/m0/s1. The number of benzene rings is 2. The van der Waals surface area contributed by atoms with Gasteiger partial charge in [-0.1, -0.05) is 24.3 Å². The first kappa shape index (κ1) is 16.7. The summed E-state index contributed by atoms with van der Waals surface area (Å²) in [5.74, 6) is -0.570. The molecule has 0 spiro atoms. The van der Waals surface area contributed by atoms with Gasteiger partial charge >= 0.3 is 0 Å². The fourth-order valence-electron chi connectivity index (χ4n) is 2.34. The van der Waals surface area contributed by atoms with E-state index in [-0.39, 0.29) is 11.7 Å². The number of hydrogen-bond donors (Lipinski definition) is 1. The largest absolute Gasteiger partial charge is 0.350 e. The van der Waals surface area contributed by atoms with Gasteiger partial charge in [-0.25, -0.2) is 4.39 Å². The second-order valence-electron chi connectivity index (χ2n) is 5.45. The van der Waals surface area contributed by atoms with E-state index < -0.39 is 6.04 Å². The number of amides is 1. The van der Waals surface area contributed by atoms with Crippen molar-refractivity contribution < 1.29 is 9.18 Å². The molecule has 2 aromatic carbocycles. The van der Waals surface area contributed by atoms with Gasteiger partial charge in [0.2, 0.25) is 5.91 Å². The van der Waals surface area contributed by atoms with Crippen LogP contribution in [-0.4, -0.2) is 24.9 Å². The van der Waals surface area contributed by atoms with Crippen LogP contribution in [0.2, 0.25) is 0 Å². The molecule has 0 saturated heterocycles. The Labute approximate surface area is 135 Å². The Balaban J connectivity index is 2.08. The number of carbonyl (C=O) groups excluding carboxylic acids is 1. The van der Waals surface area contributed by atoms with Crippen LogP contribution in [0.5, 0.6) is 0 Å². The number of nitriles is 1. The van der Waals surface area contributed by atoms with Gasteiger partial charge < -0.3 is 5.32 Å². The first-order valence-electron chi connectivity index (χ1n) is 7.20. The van der Waals surface area contributed by atoms with E-state index in [1.54, 1.807) is 55.4 Å². The lowest BCUT2D eigenvalue weighted by molar-refractivity contribution is -0.125. The molecule has 0 heterocycles. The molecule has 2 aromatic rings. The summed E-state index contributed by atoms with van der Waals surface area (Å²) in [6.07, 6.45) is 0. The van der Waals surface area contributed by atoms with Crippen molar-refractivity contribution in [3.8, 4) is 6.07 Å². The van der Waals surface area contributed by atoms with Crippen LogP contribution in [0.3, 0.4) is 0 Å². The average molecular weight is 311 g/mol. The van der Waals surface area contributed by atoms with E-state index >= 15 is 0 Å². The number of rotatable bonds is 5. The van der Waals surface area contributed by atoms with Crippen LogP contribution in [0.1, 0.15) is 22.7 Å². The van der Waals surface area contributed by atoms with Crippen LogP contribution in [0.4, 0.5) is 4.39 Å². The van der Waals surface area contributed by atoms with Crippen molar-refractivity contribution >= 4 is 5.91 Å². The molecule has 0 aliphatic rings. The Hall–Kier alpha value is -2.71. The van der Waals surface area contributed by atoms with Gasteiger partial charge in [-0.05, 0) is 49.5 Å². The van der Waals surface area contributed by atoms with Gasteiger partial charge in [0.15, 0.2) is 0 Å². The molecular weight excluding hydrogens is 293 g/mol. The maximum atomic E-state index is 13.4. The summed E-state index contributed by atoms with van der Waals surface area (Å²) < 4.78 is 13.4. The van der Waals surface area contributed by atoms with Crippen molar-refractivity contribution in [2.45, 2.75) is 12.6 Å². The summed E-state index contributed by atoms with van der Waals surface area (Å²) in [5, 5.41) is 11.6. The van der Waals surface area contributed by atoms with Crippen LogP contribution >= 0.6 is 0 Å². The molecule has 4 nitrogen and oxygen atoms in total. The zero-order valence-electron chi connectivity index (χ0n) is 13.1. The number of carbonyl (C=O) groups is 1. The van der Waals surface area contributed by atoms with Crippen LogP contribution in [0.15, 0.2) is 48.5 Å². The summed E-state index contributed by atoms with van der Waals surface area (Å²) in [6, 6.07) is 14.5. The molecule has 5 heteroatoms. The minimum Gasteiger partial charge on any atom is -0.350 e. The molecule has 1 atom stereocenters. The van der Waals surface area contributed by atoms with Crippen LogP contribution in [0.25, 0.3) is 0 Å². The third kappa shape index (κ3) is 4.38. The number of nitrogens with one attached hydrogen (secondary N) is 1. The molecule has 0 aliphatic heterocycles. The van der Waals surface area contributed by atoms with Crippen molar-refractivity contribution in [2.75, 3.05) is 14.1 Å². The molecule has 0 radical (unpaired) electrons. The summed E-state index contributed by atoms with van der Waals surface area (Å²) in [7, 11) is 3.55. The highest BCUT2D eigenvalue weighted by Crippen LogP contribution is 2.19. The molecule has 1 amide bonds. The Kier molecular flexibility index (Phi) is 5.45. The molecule has 2 rings (SSSR count). The Morgan fingerprint density at radius 2 is 1.96 bits per heavy atom. The lowest BCUT2D eigenvalue weighted by atomic mass is 10.0. The SMILES string of the molecule is CN(C)[C@H](C(=O)NCc1ccc(C#N)cc1)c1cccc(F)c1. The van der Waals surface area contributed by atoms with Gasteiger partial charge in [-0.15, -0.1) is 0 Å². The predicted octanol–water partition coefficient (Wildman–Crippen LogP) is 2.62.